The Balaban J connectivity index is 2.74. The summed E-state index contributed by atoms with van der Waals surface area (Å²) in [7, 11) is 1.85. The molecule has 0 bridgehead atoms. The summed E-state index contributed by atoms with van der Waals surface area (Å²) >= 11 is 0. The predicted molar refractivity (Wildman–Crippen MR) is 50.1 cm³/mol. The van der Waals surface area contributed by atoms with Crippen LogP contribution < -0.4 is 5.73 Å². The van der Waals surface area contributed by atoms with Gasteiger partial charge in [-0.05, 0) is 13.8 Å². The second-order valence-electron chi connectivity index (χ2n) is 3.70. The Morgan fingerprint density at radius 1 is 1.77 bits per heavy atom. The summed E-state index contributed by atoms with van der Waals surface area (Å²) in [6.07, 6.45) is 3.72. The van der Waals surface area contributed by atoms with Crippen molar-refractivity contribution in [3.05, 3.63) is 18.2 Å². The molecule has 2 unspecified atom stereocenters. The second-order valence-corrected chi connectivity index (χ2v) is 3.70. The molecular weight excluding hydrogens is 169 g/mol. The first-order chi connectivity index (χ1) is 5.93. The molecule has 1 heterocycles. The second kappa shape index (κ2) is 3.46. The summed E-state index contributed by atoms with van der Waals surface area (Å²) in [6.45, 7) is 3.18. The van der Waals surface area contributed by atoms with Gasteiger partial charge in [0.25, 0.3) is 0 Å². The van der Waals surface area contributed by atoms with E-state index in [1.54, 1.807) is 23.9 Å². The van der Waals surface area contributed by atoms with Crippen LogP contribution in [0, 0.1) is 0 Å². The van der Waals surface area contributed by atoms with Crippen molar-refractivity contribution in [3.63, 3.8) is 0 Å². The van der Waals surface area contributed by atoms with Gasteiger partial charge in [0.2, 0.25) is 0 Å². The lowest BCUT2D eigenvalue weighted by atomic mass is 9.96. The minimum Gasteiger partial charge on any atom is -0.338 e. The van der Waals surface area contributed by atoms with Gasteiger partial charge in [0.1, 0.15) is 11.5 Å². The third-order valence-corrected chi connectivity index (χ3v) is 2.37. The van der Waals surface area contributed by atoms with Crippen molar-refractivity contribution in [2.75, 3.05) is 0 Å². The van der Waals surface area contributed by atoms with Gasteiger partial charge in [0, 0.05) is 31.9 Å². The van der Waals surface area contributed by atoms with E-state index in [0.717, 1.165) is 5.82 Å². The molecule has 0 saturated heterocycles. The lowest BCUT2D eigenvalue weighted by molar-refractivity contribution is 0.152. The molecule has 0 fully saturated rings. The van der Waals surface area contributed by atoms with Gasteiger partial charge < -0.3 is 10.3 Å². The summed E-state index contributed by atoms with van der Waals surface area (Å²) in [5.74, 6) is 0.724. The van der Waals surface area contributed by atoms with E-state index in [1.165, 1.54) is 6.92 Å². The quantitative estimate of drug-likeness (QED) is 0.764. The molecule has 1 aromatic heterocycles. The van der Waals surface area contributed by atoms with Crippen molar-refractivity contribution < 1.29 is 4.39 Å². The molecule has 0 spiro atoms. The summed E-state index contributed by atoms with van der Waals surface area (Å²) in [4.78, 5) is 4.05. The van der Waals surface area contributed by atoms with Crippen molar-refractivity contribution >= 4 is 0 Å². The lowest BCUT2D eigenvalue weighted by Crippen LogP contribution is -2.41. The van der Waals surface area contributed by atoms with Crippen LogP contribution in [-0.4, -0.2) is 21.3 Å². The number of halogens is 1. The monoisotopic (exact) mass is 185 g/mol. The first-order valence-electron chi connectivity index (χ1n) is 4.34. The highest BCUT2D eigenvalue weighted by Crippen LogP contribution is 2.19. The van der Waals surface area contributed by atoms with Crippen LogP contribution in [0.15, 0.2) is 12.4 Å². The van der Waals surface area contributed by atoms with Gasteiger partial charge in [-0.2, -0.15) is 0 Å². The molecular formula is C9H16FN3. The molecule has 74 valence electrons. The number of rotatable bonds is 3. The number of nitrogens with zero attached hydrogens (tertiary/aromatic N) is 2. The molecule has 0 aliphatic heterocycles. The lowest BCUT2D eigenvalue weighted by Gasteiger charge is -2.23. The number of aromatic nitrogens is 2. The summed E-state index contributed by atoms with van der Waals surface area (Å²) in [6, 6.07) is -0.482. The normalized spacial score (nSPS) is 18.2. The van der Waals surface area contributed by atoms with Crippen molar-refractivity contribution in [1.82, 2.24) is 9.55 Å². The minimum absolute atomic E-state index is 0.258. The van der Waals surface area contributed by atoms with Crippen molar-refractivity contribution in [2.24, 2.45) is 12.8 Å². The highest BCUT2D eigenvalue weighted by Gasteiger charge is 2.29. The number of nitrogens with two attached hydrogens (primary N) is 1. The van der Waals surface area contributed by atoms with Crippen LogP contribution in [0.4, 0.5) is 4.39 Å². The van der Waals surface area contributed by atoms with Gasteiger partial charge in [0.15, 0.2) is 0 Å². The first-order valence-corrected chi connectivity index (χ1v) is 4.34. The maximum Gasteiger partial charge on any atom is 0.130 e. The molecule has 3 nitrogen and oxygen atoms in total. The van der Waals surface area contributed by atoms with Gasteiger partial charge in [-0.3, -0.25) is 0 Å². The number of hydrogen-bond donors (Lipinski definition) is 1. The summed E-state index contributed by atoms with van der Waals surface area (Å²) < 4.78 is 15.6. The van der Waals surface area contributed by atoms with E-state index in [2.05, 4.69) is 4.98 Å². The van der Waals surface area contributed by atoms with Gasteiger partial charge in [-0.25, -0.2) is 9.37 Å². The first kappa shape index (κ1) is 10.2. The molecule has 0 aliphatic carbocycles. The maximum absolute atomic E-state index is 13.8. The molecule has 13 heavy (non-hydrogen) atoms. The van der Waals surface area contributed by atoms with Crippen LogP contribution in [0.2, 0.25) is 0 Å². The highest BCUT2D eigenvalue weighted by atomic mass is 19.1. The maximum atomic E-state index is 13.8. The van der Waals surface area contributed by atoms with Gasteiger partial charge in [-0.15, -0.1) is 0 Å². The predicted octanol–water partition coefficient (Wildman–Crippen LogP) is 1.04. The van der Waals surface area contributed by atoms with Crippen LogP contribution in [0.1, 0.15) is 19.7 Å². The fourth-order valence-electron chi connectivity index (χ4n) is 1.04. The van der Waals surface area contributed by atoms with E-state index in [-0.39, 0.29) is 6.42 Å². The third kappa shape index (κ3) is 2.28. The molecule has 2 atom stereocenters. The van der Waals surface area contributed by atoms with Crippen LogP contribution in [0.5, 0.6) is 0 Å². The third-order valence-electron chi connectivity index (χ3n) is 2.37. The van der Waals surface area contributed by atoms with Crippen molar-refractivity contribution in [3.8, 4) is 0 Å². The Morgan fingerprint density at radius 3 is 2.77 bits per heavy atom. The van der Waals surface area contributed by atoms with Crippen molar-refractivity contribution in [1.29, 1.82) is 0 Å². The zero-order valence-electron chi connectivity index (χ0n) is 8.29. The molecule has 4 heteroatoms. The van der Waals surface area contributed by atoms with Crippen LogP contribution in [0.3, 0.4) is 0 Å². The zero-order valence-corrected chi connectivity index (χ0v) is 8.29. The van der Waals surface area contributed by atoms with E-state index in [0.29, 0.717) is 0 Å². The average Bonchev–Trinajstić information content (AvgIpc) is 2.35. The number of hydrogen-bond acceptors (Lipinski definition) is 2. The van der Waals surface area contributed by atoms with Crippen molar-refractivity contribution in [2.45, 2.75) is 32.0 Å². The molecule has 0 saturated carbocycles. The number of alkyl halides is 1. The molecule has 0 aliphatic rings. The smallest absolute Gasteiger partial charge is 0.130 e. The SMILES string of the molecule is CC(N)C(C)(F)Cc1nccn1C. The highest BCUT2D eigenvalue weighted by molar-refractivity contribution is 4.99. The zero-order chi connectivity index (χ0) is 10.1. The number of aryl methyl sites for hydroxylation is 1. The molecule has 2 N–H and O–H groups in total. The van der Waals surface area contributed by atoms with Gasteiger partial charge in [0.05, 0.1) is 0 Å². The Bertz CT molecular complexity index is 278. The largest absolute Gasteiger partial charge is 0.338 e. The van der Waals surface area contributed by atoms with Gasteiger partial charge >= 0.3 is 0 Å². The van der Waals surface area contributed by atoms with Crippen LogP contribution >= 0.6 is 0 Å². The molecule has 0 amide bonds. The minimum atomic E-state index is -1.39. The molecule has 1 rings (SSSR count). The fraction of sp³-hybridized carbons (Fsp3) is 0.667. The topological polar surface area (TPSA) is 43.8 Å². The van der Waals surface area contributed by atoms with E-state index < -0.39 is 11.7 Å². The Kier molecular flexibility index (Phi) is 2.71. The molecule has 1 aromatic rings. The van der Waals surface area contributed by atoms with E-state index in [9.17, 15) is 4.39 Å². The van der Waals surface area contributed by atoms with E-state index in [4.69, 9.17) is 5.73 Å². The average molecular weight is 185 g/mol. The van der Waals surface area contributed by atoms with Crippen LogP contribution in [0.25, 0.3) is 0 Å². The summed E-state index contributed by atoms with van der Waals surface area (Å²) in [5.41, 5.74) is 4.14. The molecule has 0 radical (unpaired) electrons. The fourth-order valence-corrected chi connectivity index (χ4v) is 1.04. The Labute approximate surface area is 77.8 Å². The summed E-state index contributed by atoms with van der Waals surface area (Å²) in [5, 5.41) is 0. The van der Waals surface area contributed by atoms with Crippen LogP contribution in [-0.2, 0) is 13.5 Å². The molecule has 0 aromatic carbocycles. The van der Waals surface area contributed by atoms with E-state index in [1.807, 2.05) is 7.05 Å². The Morgan fingerprint density at radius 2 is 2.38 bits per heavy atom. The van der Waals surface area contributed by atoms with Gasteiger partial charge in [-0.1, -0.05) is 0 Å². The standard InChI is InChI=1S/C9H16FN3/c1-7(11)9(2,10)6-8-12-4-5-13(8)3/h4-5,7H,6,11H2,1-3H3. The van der Waals surface area contributed by atoms with E-state index >= 15 is 0 Å². The number of imidazole rings is 1. The Hall–Kier alpha value is -0.900.